The van der Waals surface area contributed by atoms with Gasteiger partial charge < -0.3 is 5.73 Å². The van der Waals surface area contributed by atoms with Gasteiger partial charge in [0.1, 0.15) is 5.56 Å². The smallest absolute Gasteiger partial charge is 0.254 e. The van der Waals surface area contributed by atoms with Crippen LogP contribution in [0.5, 0.6) is 0 Å². The molecular weight excluding hydrogens is 254 g/mol. The lowest BCUT2D eigenvalue weighted by molar-refractivity contribution is 0.100. The van der Waals surface area contributed by atoms with Crippen LogP contribution in [0.3, 0.4) is 0 Å². The van der Waals surface area contributed by atoms with Crippen LogP contribution in [0, 0.1) is 13.8 Å². The zero-order valence-corrected chi connectivity index (χ0v) is 11.2. The maximum atomic E-state index is 11.4. The minimum atomic E-state index is -0.536. The Hall–Kier alpha value is -2.76. The highest BCUT2D eigenvalue weighted by atomic mass is 16.1. The lowest BCUT2D eigenvalue weighted by Crippen LogP contribution is -2.11. The largest absolute Gasteiger partial charge is 0.365 e. The molecule has 1 amide bonds. The second kappa shape index (κ2) is 4.41. The summed E-state index contributed by atoms with van der Waals surface area (Å²) in [6.07, 6.45) is 4.96. The van der Waals surface area contributed by atoms with Crippen molar-refractivity contribution in [1.82, 2.24) is 19.6 Å². The number of rotatable bonds is 2. The van der Waals surface area contributed by atoms with E-state index >= 15 is 0 Å². The number of carbonyl (C=O) groups excluding carboxylic acids is 1. The molecule has 0 fully saturated rings. The van der Waals surface area contributed by atoms with Gasteiger partial charge in [0, 0.05) is 23.7 Å². The van der Waals surface area contributed by atoms with E-state index in [1.807, 2.05) is 26.0 Å². The van der Waals surface area contributed by atoms with Crippen molar-refractivity contribution in [2.45, 2.75) is 13.8 Å². The first-order valence-electron chi connectivity index (χ1n) is 6.13. The van der Waals surface area contributed by atoms with Gasteiger partial charge >= 0.3 is 0 Å². The summed E-state index contributed by atoms with van der Waals surface area (Å²) in [6, 6.07) is 3.90. The lowest BCUT2D eigenvalue weighted by atomic mass is 10.1. The van der Waals surface area contributed by atoms with Crippen LogP contribution >= 0.6 is 0 Å². The normalized spacial score (nSPS) is 10.9. The van der Waals surface area contributed by atoms with Crippen LogP contribution < -0.4 is 5.73 Å². The number of pyridine rings is 1. The molecule has 0 radical (unpaired) electrons. The van der Waals surface area contributed by atoms with Gasteiger partial charge in [-0.05, 0) is 31.5 Å². The van der Waals surface area contributed by atoms with Gasteiger partial charge in [-0.15, -0.1) is 0 Å². The fraction of sp³-hybridized carbons (Fsp3) is 0.143. The third-order valence-electron chi connectivity index (χ3n) is 3.09. The molecule has 20 heavy (non-hydrogen) atoms. The number of aryl methyl sites for hydroxylation is 2. The maximum Gasteiger partial charge on any atom is 0.254 e. The highest BCUT2D eigenvalue weighted by Crippen LogP contribution is 2.21. The van der Waals surface area contributed by atoms with Gasteiger partial charge in [0.05, 0.1) is 11.9 Å². The molecule has 6 heteroatoms. The third kappa shape index (κ3) is 1.91. The molecular formula is C14H13N5O. The zero-order chi connectivity index (χ0) is 14.3. The van der Waals surface area contributed by atoms with Crippen molar-refractivity contribution in [2.24, 2.45) is 5.73 Å². The van der Waals surface area contributed by atoms with Gasteiger partial charge in [-0.3, -0.25) is 9.78 Å². The van der Waals surface area contributed by atoms with Crippen molar-refractivity contribution in [3.05, 3.63) is 47.5 Å². The van der Waals surface area contributed by atoms with E-state index in [0.717, 1.165) is 22.5 Å². The predicted octanol–water partition coefficient (Wildman–Crippen LogP) is 1.51. The molecule has 3 rings (SSSR count). The lowest BCUT2D eigenvalue weighted by Gasteiger charge is -2.05. The summed E-state index contributed by atoms with van der Waals surface area (Å²) in [5, 5.41) is 4.13. The van der Waals surface area contributed by atoms with E-state index in [9.17, 15) is 4.79 Å². The topological polar surface area (TPSA) is 86.2 Å². The summed E-state index contributed by atoms with van der Waals surface area (Å²) >= 11 is 0. The fourth-order valence-corrected chi connectivity index (χ4v) is 2.13. The molecule has 3 aromatic rings. The van der Waals surface area contributed by atoms with Crippen molar-refractivity contribution < 1.29 is 4.79 Å². The molecule has 0 saturated carbocycles. The average molecular weight is 267 g/mol. The average Bonchev–Trinajstić information content (AvgIpc) is 2.83. The van der Waals surface area contributed by atoms with Crippen molar-refractivity contribution >= 4 is 11.6 Å². The number of nitrogens with zero attached hydrogens (tertiary/aromatic N) is 4. The molecule has 0 aromatic carbocycles. The summed E-state index contributed by atoms with van der Waals surface area (Å²) in [4.78, 5) is 20.1. The minimum absolute atomic E-state index is 0.315. The molecule has 0 atom stereocenters. The number of hydrogen-bond donors (Lipinski definition) is 1. The van der Waals surface area contributed by atoms with Gasteiger partial charge in [-0.2, -0.15) is 5.10 Å². The van der Waals surface area contributed by atoms with Crippen LogP contribution in [0.15, 0.2) is 30.7 Å². The summed E-state index contributed by atoms with van der Waals surface area (Å²) in [6.45, 7) is 3.87. The molecule has 0 spiro atoms. The molecule has 0 aliphatic rings. The molecule has 6 nitrogen and oxygen atoms in total. The highest BCUT2D eigenvalue weighted by Gasteiger charge is 2.14. The van der Waals surface area contributed by atoms with Crippen LogP contribution in [0.1, 0.15) is 21.6 Å². The summed E-state index contributed by atoms with van der Waals surface area (Å²) < 4.78 is 1.60. The SMILES string of the molecule is Cc1cncc(-c2cc(C)n3ncc(C(N)=O)c3n2)c1. The first-order chi connectivity index (χ1) is 9.56. The molecule has 100 valence electrons. The Morgan fingerprint density at radius 1 is 1.20 bits per heavy atom. The molecule has 0 aliphatic heterocycles. The van der Waals surface area contributed by atoms with E-state index in [1.54, 1.807) is 16.9 Å². The number of fused-ring (bicyclic) bond motifs is 1. The molecule has 3 aromatic heterocycles. The first-order valence-corrected chi connectivity index (χ1v) is 6.13. The maximum absolute atomic E-state index is 11.4. The number of hydrogen-bond acceptors (Lipinski definition) is 4. The van der Waals surface area contributed by atoms with Gasteiger partial charge in [0.2, 0.25) is 0 Å². The van der Waals surface area contributed by atoms with Crippen molar-refractivity contribution in [3.8, 4) is 11.3 Å². The highest BCUT2D eigenvalue weighted by molar-refractivity contribution is 5.98. The standard InChI is InChI=1S/C14H13N5O/c1-8-3-10(6-16-5-8)12-4-9(2)19-14(18-12)11(7-17-19)13(15)20/h3-7H,1-2H3,(H2,15,20). The van der Waals surface area contributed by atoms with Crippen LogP contribution in [-0.4, -0.2) is 25.5 Å². The van der Waals surface area contributed by atoms with Crippen molar-refractivity contribution in [1.29, 1.82) is 0 Å². The Labute approximate surface area is 115 Å². The molecule has 0 unspecified atom stereocenters. The second-order valence-corrected chi connectivity index (χ2v) is 4.69. The number of amides is 1. The molecule has 3 heterocycles. The van der Waals surface area contributed by atoms with E-state index in [1.165, 1.54) is 6.20 Å². The number of primary amides is 1. The summed E-state index contributed by atoms with van der Waals surface area (Å²) in [5.41, 5.74) is 9.69. The van der Waals surface area contributed by atoms with E-state index in [-0.39, 0.29) is 0 Å². The van der Waals surface area contributed by atoms with Crippen LogP contribution in [0.2, 0.25) is 0 Å². The minimum Gasteiger partial charge on any atom is -0.365 e. The van der Waals surface area contributed by atoms with E-state index in [4.69, 9.17) is 5.73 Å². The van der Waals surface area contributed by atoms with E-state index in [2.05, 4.69) is 15.1 Å². The Balaban J connectivity index is 2.27. The van der Waals surface area contributed by atoms with E-state index < -0.39 is 5.91 Å². The number of aromatic nitrogens is 4. The Morgan fingerprint density at radius 2 is 2.00 bits per heavy atom. The predicted molar refractivity (Wildman–Crippen MR) is 74.2 cm³/mol. The van der Waals surface area contributed by atoms with E-state index in [0.29, 0.717) is 11.2 Å². The molecule has 0 saturated heterocycles. The third-order valence-corrected chi connectivity index (χ3v) is 3.09. The van der Waals surface area contributed by atoms with Gasteiger partial charge in [-0.25, -0.2) is 9.50 Å². The fourth-order valence-electron chi connectivity index (χ4n) is 2.13. The second-order valence-electron chi connectivity index (χ2n) is 4.69. The Morgan fingerprint density at radius 3 is 2.70 bits per heavy atom. The monoisotopic (exact) mass is 267 g/mol. The number of nitrogens with two attached hydrogens (primary N) is 1. The zero-order valence-electron chi connectivity index (χ0n) is 11.2. The first kappa shape index (κ1) is 12.3. The Bertz CT molecular complexity index is 822. The van der Waals surface area contributed by atoms with Crippen LogP contribution in [0.4, 0.5) is 0 Å². The molecule has 0 bridgehead atoms. The van der Waals surface area contributed by atoms with Gasteiger partial charge in [0.25, 0.3) is 5.91 Å². The van der Waals surface area contributed by atoms with Crippen molar-refractivity contribution in [3.63, 3.8) is 0 Å². The Kier molecular flexibility index (Phi) is 2.71. The summed E-state index contributed by atoms with van der Waals surface area (Å²) in [7, 11) is 0. The van der Waals surface area contributed by atoms with Crippen LogP contribution in [-0.2, 0) is 0 Å². The summed E-state index contributed by atoms with van der Waals surface area (Å²) in [5.74, 6) is -0.536. The number of carbonyl (C=O) groups is 1. The quantitative estimate of drug-likeness (QED) is 0.762. The molecule has 2 N–H and O–H groups in total. The van der Waals surface area contributed by atoms with Gasteiger partial charge in [0.15, 0.2) is 5.65 Å². The molecule has 0 aliphatic carbocycles. The van der Waals surface area contributed by atoms with Crippen molar-refractivity contribution in [2.75, 3.05) is 0 Å². The van der Waals surface area contributed by atoms with Crippen LogP contribution in [0.25, 0.3) is 16.9 Å². The van der Waals surface area contributed by atoms with Gasteiger partial charge in [-0.1, -0.05) is 0 Å².